The highest BCUT2D eigenvalue weighted by atomic mass is 16.5. The van der Waals surface area contributed by atoms with Gasteiger partial charge in [0.25, 0.3) is 0 Å². The molecule has 3 N–H and O–H groups in total. The number of ether oxygens (including phenoxy) is 1. The van der Waals surface area contributed by atoms with E-state index in [0.29, 0.717) is 6.54 Å². The Balaban J connectivity index is 1.66. The molecule has 130 valence electrons. The molecule has 0 aliphatic carbocycles. The van der Waals surface area contributed by atoms with E-state index < -0.39 is 6.04 Å². The molecule has 0 radical (unpaired) electrons. The van der Waals surface area contributed by atoms with Crippen molar-refractivity contribution < 1.29 is 9.53 Å². The number of amides is 1. The van der Waals surface area contributed by atoms with Gasteiger partial charge in [0.15, 0.2) is 0 Å². The summed E-state index contributed by atoms with van der Waals surface area (Å²) in [5.74, 6) is -0.215. The van der Waals surface area contributed by atoms with Crippen LogP contribution in [-0.2, 0) is 22.6 Å². The molecule has 1 heterocycles. The number of aromatic nitrogens is 2. The van der Waals surface area contributed by atoms with E-state index in [1.54, 1.807) is 0 Å². The fourth-order valence-corrected chi connectivity index (χ4v) is 2.75. The monoisotopic (exact) mass is 338 g/mol. The van der Waals surface area contributed by atoms with Crippen LogP contribution in [0, 0.1) is 0 Å². The molecule has 0 spiro atoms. The minimum Gasteiger partial charge on any atom is -0.383 e. The third-order valence-corrected chi connectivity index (χ3v) is 4.02. The van der Waals surface area contributed by atoms with Crippen LogP contribution in [0.15, 0.2) is 54.9 Å². The van der Waals surface area contributed by atoms with E-state index in [1.165, 1.54) is 7.11 Å². The standard InChI is InChI=1S/C19H22N4O2/c1-25-12-16(20)19(24)21-10-14-5-4-6-15(9-14)11-23-13-22-17-7-2-3-8-18(17)23/h2-9,13,16H,10-12,20H2,1H3,(H,21,24). The molecular formula is C19H22N4O2. The lowest BCUT2D eigenvalue weighted by molar-refractivity contribution is -0.123. The number of methoxy groups -OCH3 is 1. The van der Waals surface area contributed by atoms with Crippen molar-refractivity contribution >= 4 is 16.9 Å². The lowest BCUT2D eigenvalue weighted by atomic mass is 10.1. The van der Waals surface area contributed by atoms with Crippen molar-refractivity contribution in [2.75, 3.05) is 13.7 Å². The highest BCUT2D eigenvalue weighted by Gasteiger charge is 2.12. The molecule has 6 heteroatoms. The van der Waals surface area contributed by atoms with Crippen LogP contribution in [-0.4, -0.2) is 35.2 Å². The Morgan fingerprint density at radius 3 is 2.88 bits per heavy atom. The molecule has 0 aliphatic heterocycles. The third kappa shape index (κ3) is 4.23. The molecule has 3 aromatic rings. The number of nitrogens with one attached hydrogen (secondary N) is 1. The summed E-state index contributed by atoms with van der Waals surface area (Å²) in [4.78, 5) is 16.3. The van der Waals surface area contributed by atoms with Crippen LogP contribution in [0.3, 0.4) is 0 Å². The van der Waals surface area contributed by atoms with E-state index in [-0.39, 0.29) is 12.5 Å². The van der Waals surface area contributed by atoms with Gasteiger partial charge in [-0.05, 0) is 23.3 Å². The summed E-state index contributed by atoms with van der Waals surface area (Å²) in [6, 6.07) is 15.5. The second-order valence-electron chi connectivity index (χ2n) is 5.96. The maximum Gasteiger partial charge on any atom is 0.239 e. The second-order valence-corrected chi connectivity index (χ2v) is 5.96. The van der Waals surface area contributed by atoms with Crippen LogP contribution in [0.2, 0.25) is 0 Å². The number of carbonyl (C=O) groups excluding carboxylic acids is 1. The van der Waals surface area contributed by atoms with Crippen molar-refractivity contribution in [3.8, 4) is 0 Å². The second kappa shape index (κ2) is 7.92. The average Bonchev–Trinajstić information content (AvgIpc) is 3.03. The van der Waals surface area contributed by atoms with Gasteiger partial charge in [-0.15, -0.1) is 0 Å². The SMILES string of the molecule is COCC(N)C(=O)NCc1cccc(Cn2cnc3ccccc32)c1. The predicted molar refractivity (Wildman–Crippen MR) is 97.0 cm³/mol. The zero-order chi connectivity index (χ0) is 17.6. The number of benzene rings is 2. The lowest BCUT2D eigenvalue weighted by Gasteiger charge is -2.12. The molecule has 3 rings (SSSR count). The first-order valence-corrected chi connectivity index (χ1v) is 8.17. The zero-order valence-electron chi connectivity index (χ0n) is 14.2. The van der Waals surface area contributed by atoms with Gasteiger partial charge in [-0.3, -0.25) is 4.79 Å². The van der Waals surface area contributed by atoms with Gasteiger partial charge < -0.3 is 20.4 Å². The largest absolute Gasteiger partial charge is 0.383 e. The molecule has 25 heavy (non-hydrogen) atoms. The van der Waals surface area contributed by atoms with Gasteiger partial charge in [0.05, 0.1) is 24.0 Å². The molecule has 1 amide bonds. The summed E-state index contributed by atoms with van der Waals surface area (Å²) in [6.45, 7) is 1.37. The van der Waals surface area contributed by atoms with Gasteiger partial charge >= 0.3 is 0 Å². The first kappa shape index (κ1) is 17.1. The summed E-state index contributed by atoms with van der Waals surface area (Å²) < 4.78 is 7.01. The van der Waals surface area contributed by atoms with Crippen molar-refractivity contribution in [3.63, 3.8) is 0 Å². The summed E-state index contributed by atoms with van der Waals surface area (Å²) in [6.07, 6.45) is 1.85. The summed E-state index contributed by atoms with van der Waals surface area (Å²) in [5.41, 5.74) is 9.98. The molecule has 1 aromatic heterocycles. The maximum absolute atomic E-state index is 11.9. The van der Waals surface area contributed by atoms with E-state index in [4.69, 9.17) is 10.5 Å². The van der Waals surface area contributed by atoms with Gasteiger partial charge in [0, 0.05) is 20.2 Å². The molecule has 1 unspecified atom stereocenters. The van der Waals surface area contributed by atoms with E-state index in [1.807, 2.05) is 36.7 Å². The Labute approximate surface area is 146 Å². The van der Waals surface area contributed by atoms with Gasteiger partial charge in [0.2, 0.25) is 5.91 Å². The number of imidazole rings is 1. The lowest BCUT2D eigenvalue weighted by Crippen LogP contribution is -2.43. The highest BCUT2D eigenvalue weighted by Crippen LogP contribution is 2.15. The number of fused-ring (bicyclic) bond motifs is 1. The van der Waals surface area contributed by atoms with Crippen molar-refractivity contribution in [3.05, 3.63) is 66.0 Å². The molecule has 0 bridgehead atoms. The number of nitrogens with two attached hydrogens (primary N) is 1. The van der Waals surface area contributed by atoms with Gasteiger partial charge in [-0.1, -0.05) is 36.4 Å². The normalized spacial score (nSPS) is 12.2. The molecule has 1 atom stereocenters. The van der Waals surface area contributed by atoms with E-state index in [0.717, 1.165) is 28.7 Å². The van der Waals surface area contributed by atoms with Crippen LogP contribution in [0.5, 0.6) is 0 Å². The predicted octanol–water partition coefficient (Wildman–Crippen LogP) is 1.67. The number of para-hydroxylation sites is 2. The minimum absolute atomic E-state index is 0.208. The van der Waals surface area contributed by atoms with Crippen LogP contribution in [0.4, 0.5) is 0 Å². The topological polar surface area (TPSA) is 82.2 Å². The van der Waals surface area contributed by atoms with Crippen LogP contribution < -0.4 is 11.1 Å². The van der Waals surface area contributed by atoms with E-state index in [2.05, 4.69) is 33.1 Å². The smallest absolute Gasteiger partial charge is 0.239 e. The molecule has 0 saturated carbocycles. The van der Waals surface area contributed by atoms with Gasteiger partial charge in [0.1, 0.15) is 6.04 Å². The Morgan fingerprint density at radius 1 is 1.24 bits per heavy atom. The first-order chi connectivity index (χ1) is 12.2. The van der Waals surface area contributed by atoms with Gasteiger partial charge in [-0.25, -0.2) is 4.98 Å². The fraction of sp³-hybridized carbons (Fsp3) is 0.263. The van der Waals surface area contributed by atoms with Gasteiger partial charge in [-0.2, -0.15) is 0 Å². The molecule has 6 nitrogen and oxygen atoms in total. The number of hydrogen-bond acceptors (Lipinski definition) is 4. The Bertz CT molecular complexity index is 859. The molecule has 0 saturated heterocycles. The Kier molecular flexibility index (Phi) is 5.42. The van der Waals surface area contributed by atoms with E-state index >= 15 is 0 Å². The third-order valence-electron chi connectivity index (χ3n) is 4.02. The molecular weight excluding hydrogens is 316 g/mol. The molecule has 2 aromatic carbocycles. The van der Waals surface area contributed by atoms with Crippen LogP contribution >= 0.6 is 0 Å². The van der Waals surface area contributed by atoms with Crippen molar-refractivity contribution in [2.45, 2.75) is 19.1 Å². The maximum atomic E-state index is 11.9. The molecule has 0 fully saturated rings. The van der Waals surface area contributed by atoms with Crippen LogP contribution in [0.25, 0.3) is 11.0 Å². The zero-order valence-corrected chi connectivity index (χ0v) is 14.2. The highest BCUT2D eigenvalue weighted by molar-refractivity contribution is 5.81. The summed E-state index contributed by atoms with van der Waals surface area (Å²) in [7, 11) is 1.52. The van der Waals surface area contributed by atoms with Crippen molar-refractivity contribution in [1.82, 2.24) is 14.9 Å². The van der Waals surface area contributed by atoms with E-state index in [9.17, 15) is 4.79 Å². The average molecular weight is 338 g/mol. The van der Waals surface area contributed by atoms with Crippen molar-refractivity contribution in [2.24, 2.45) is 5.73 Å². The van der Waals surface area contributed by atoms with Crippen LogP contribution in [0.1, 0.15) is 11.1 Å². The first-order valence-electron chi connectivity index (χ1n) is 8.17. The Morgan fingerprint density at radius 2 is 2.04 bits per heavy atom. The number of carbonyl (C=O) groups is 1. The van der Waals surface area contributed by atoms with Crippen molar-refractivity contribution in [1.29, 1.82) is 0 Å². The number of nitrogens with zero attached hydrogens (tertiary/aromatic N) is 2. The minimum atomic E-state index is -0.648. The quantitative estimate of drug-likeness (QED) is 0.687. The fourth-order valence-electron chi connectivity index (χ4n) is 2.75. The number of hydrogen-bond donors (Lipinski definition) is 2. The Hall–Kier alpha value is -2.70. The molecule has 0 aliphatic rings. The summed E-state index contributed by atoms with van der Waals surface area (Å²) in [5, 5.41) is 2.84. The number of rotatable bonds is 7. The summed E-state index contributed by atoms with van der Waals surface area (Å²) >= 11 is 0.